The summed E-state index contributed by atoms with van der Waals surface area (Å²) in [5, 5.41) is 0. The summed E-state index contributed by atoms with van der Waals surface area (Å²) in [6.45, 7) is 3.41. The molecule has 1 aliphatic heterocycles. The van der Waals surface area contributed by atoms with Crippen molar-refractivity contribution in [3.63, 3.8) is 0 Å². The van der Waals surface area contributed by atoms with Gasteiger partial charge in [-0.2, -0.15) is 0 Å². The van der Waals surface area contributed by atoms with E-state index in [1.165, 1.54) is 12.8 Å². The highest BCUT2D eigenvalue weighted by Crippen LogP contribution is 2.30. The van der Waals surface area contributed by atoms with Crippen LogP contribution < -0.4 is 9.62 Å². The number of amides is 1. The summed E-state index contributed by atoms with van der Waals surface area (Å²) in [5.41, 5.74) is 1.75. The molecule has 7 heteroatoms. The predicted octanol–water partition coefficient (Wildman–Crippen LogP) is 2.61. The van der Waals surface area contributed by atoms with Gasteiger partial charge in [-0.15, -0.1) is 0 Å². The second kappa shape index (κ2) is 8.50. The van der Waals surface area contributed by atoms with Crippen molar-refractivity contribution in [1.29, 1.82) is 0 Å². The smallest absolute Gasteiger partial charge is 0.240 e. The molecule has 1 fully saturated rings. The van der Waals surface area contributed by atoms with Crippen molar-refractivity contribution in [3.8, 4) is 0 Å². The number of nitrogens with one attached hydrogen (secondary N) is 1. The van der Waals surface area contributed by atoms with Crippen LogP contribution in [-0.4, -0.2) is 40.1 Å². The first-order chi connectivity index (χ1) is 12.5. The third-order valence-electron chi connectivity index (χ3n) is 5.13. The Hall–Kier alpha value is -1.44. The van der Waals surface area contributed by atoms with Crippen molar-refractivity contribution < 1.29 is 17.9 Å². The Labute approximate surface area is 156 Å². The number of hydrogen-bond acceptors (Lipinski definition) is 4. The molecule has 1 saturated carbocycles. The highest BCUT2D eigenvalue weighted by atomic mass is 32.2. The van der Waals surface area contributed by atoms with E-state index in [0.29, 0.717) is 45.1 Å². The van der Waals surface area contributed by atoms with Gasteiger partial charge in [-0.1, -0.05) is 19.8 Å². The Morgan fingerprint density at radius 3 is 2.81 bits per heavy atom. The maximum absolute atomic E-state index is 12.5. The first-order valence-corrected chi connectivity index (χ1v) is 11.0. The maximum atomic E-state index is 12.5. The molecule has 0 spiro atoms. The Morgan fingerprint density at radius 1 is 1.31 bits per heavy atom. The predicted molar refractivity (Wildman–Crippen MR) is 101 cm³/mol. The van der Waals surface area contributed by atoms with Gasteiger partial charge in [-0.3, -0.25) is 4.79 Å². The van der Waals surface area contributed by atoms with E-state index in [1.807, 2.05) is 6.92 Å². The van der Waals surface area contributed by atoms with Crippen molar-refractivity contribution in [2.24, 2.45) is 0 Å². The lowest BCUT2D eigenvalue weighted by molar-refractivity contribution is -0.118. The molecule has 0 radical (unpaired) electrons. The highest BCUT2D eigenvalue weighted by molar-refractivity contribution is 7.89. The zero-order valence-electron chi connectivity index (χ0n) is 15.4. The van der Waals surface area contributed by atoms with Crippen LogP contribution in [0.3, 0.4) is 0 Å². The quantitative estimate of drug-likeness (QED) is 0.704. The zero-order valence-corrected chi connectivity index (χ0v) is 16.2. The second-order valence-electron chi connectivity index (χ2n) is 6.97. The average molecular weight is 381 g/mol. The summed E-state index contributed by atoms with van der Waals surface area (Å²) in [6.07, 6.45) is 6.88. The number of rotatable bonds is 8. The van der Waals surface area contributed by atoms with E-state index in [-0.39, 0.29) is 10.8 Å². The molecule has 0 atom stereocenters. The van der Waals surface area contributed by atoms with E-state index >= 15 is 0 Å². The summed E-state index contributed by atoms with van der Waals surface area (Å²) in [5.74, 6) is 0.0692. The fourth-order valence-corrected chi connectivity index (χ4v) is 4.79. The third-order valence-corrected chi connectivity index (χ3v) is 6.59. The normalized spacial score (nSPS) is 17.7. The largest absolute Gasteiger partial charge is 0.378 e. The van der Waals surface area contributed by atoms with Crippen LogP contribution in [0, 0.1) is 0 Å². The number of fused-ring (bicyclic) bond motifs is 1. The van der Waals surface area contributed by atoms with E-state index in [9.17, 15) is 13.2 Å². The molecule has 0 saturated heterocycles. The first kappa shape index (κ1) is 19.3. The minimum atomic E-state index is -3.53. The summed E-state index contributed by atoms with van der Waals surface area (Å²) in [6, 6.07) is 5.01. The van der Waals surface area contributed by atoms with Crippen LogP contribution in [0.25, 0.3) is 0 Å². The molecule has 3 rings (SSSR count). The van der Waals surface area contributed by atoms with E-state index in [4.69, 9.17) is 4.74 Å². The number of nitrogens with zero attached hydrogens (tertiary/aromatic N) is 1. The van der Waals surface area contributed by atoms with Crippen LogP contribution >= 0.6 is 0 Å². The molecular weight excluding hydrogens is 352 g/mol. The Bertz CT molecular complexity index is 742. The van der Waals surface area contributed by atoms with Crippen molar-refractivity contribution >= 4 is 21.6 Å². The minimum Gasteiger partial charge on any atom is -0.378 e. The van der Waals surface area contributed by atoms with Crippen LogP contribution in [0.1, 0.15) is 51.0 Å². The molecule has 1 heterocycles. The molecular formula is C19H28N2O4S. The topological polar surface area (TPSA) is 75.7 Å². The fourth-order valence-electron chi connectivity index (χ4n) is 3.66. The monoisotopic (exact) mass is 380 g/mol. The Balaban J connectivity index is 1.53. The summed E-state index contributed by atoms with van der Waals surface area (Å²) < 4.78 is 33.4. The van der Waals surface area contributed by atoms with Crippen molar-refractivity contribution in [1.82, 2.24) is 4.72 Å². The van der Waals surface area contributed by atoms with E-state index < -0.39 is 10.0 Å². The van der Waals surface area contributed by atoms with E-state index in [1.54, 1.807) is 23.1 Å². The van der Waals surface area contributed by atoms with Gasteiger partial charge in [0, 0.05) is 31.8 Å². The average Bonchev–Trinajstić information content (AvgIpc) is 3.29. The highest BCUT2D eigenvalue weighted by Gasteiger charge is 2.25. The Kier molecular flexibility index (Phi) is 6.32. The molecule has 2 aliphatic rings. The molecule has 0 aromatic heterocycles. The van der Waals surface area contributed by atoms with Gasteiger partial charge in [0.25, 0.3) is 0 Å². The standard InChI is InChI=1S/C19H28N2O4S/c1-2-19(22)21-12-10-15-14-17(8-9-18(15)21)26(23,24)20-11-5-13-25-16-6-3-4-7-16/h8-9,14,16,20H,2-7,10-13H2,1H3. The summed E-state index contributed by atoms with van der Waals surface area (Å²) in [7, 11) is -3.53. The fraction of sp³-hybridized carbons (Fsp3) is 0.632. The number of carbonyl (C=O) groups excluding carboxylic acids is 1. The molecule has 1 aromatic carbocycles. The number of sulfonamides is 1. The molecule has 26 heavy (non-hydrogen) atoms. The van der Waals surface area contributed by atoms with Crippen LogP contribution in [0.4, 0.5) is 5.69 Å². The minimum absolute atomic E-state index is 0.0692. The van der Waals surface area contributed by atoms with E-state index in [2.05, 4.69) is 4.72 Å². The van der Waals surface area contributed by atoms with Gasteiger partial charge in [0.05, 0.1) is 11.0 Å². The lowest BCUT2D eigenvalue weighted by Gasteiger charge is -2.16. The van der Waals surface area contributed by atoms with Gasteiger partial charge in [0.1, 0.15) is 0 Å². The number of carbonyl (C=O) groups is 1. The lowest BCUT2D eigenvalue weighted by atomic mass is 10.2. The second-order valence-corrected chi connectivity index (χ2v) is 8.73. The molecule has 6 nitrogen and oxygen atoms in total. The molecule has 1 N–H and O–H groups in total. The lowest BCUT2D eigenvalue weighted by Crippen LogP contribution is -2.28. The molecule has 0 bridgehead atoms. The number of anilines is 1. The van der Waals surface area contributed by atoms with Crippen LogP contribution in [0.15, 0.2) is 23.1 Å². The van der Waals surface area contributed by atoms with Gasteiger partial charge >= 0.3 is 0 Å². The first-order valence-electron chi connectivity index (χ1n) is 9.56. The maximum Gasteiger partial charge on any atom is 0.240 e. The summed E-state index contributed by atoms with van der Waals surface area (Å²) in [4.78, 5) is 13.9. The Morgan fingerprint density at radius 2 is 2.08 bits per heavy atom. The number of benzene rings is 1. The molecule has 1 aliphatic carbocycles. The van der Waals surface area contributed by atoms with Gasteiger partial charge < -0.3 is 9.64 Å². The van der Waals surface area contributed by atoms with Gasteiger partial charge in [-0.05, 0) is 49.4 Å². The number of ether oxygens (including phenoxy) is 1. The van der Waals surface area contributed by atoms with Gasteiger partial charge in [0.2, 0.25) is 15.9 Å². The van der Waals surface area contributed by atoms with Crippen LogP contribution in [0.2, 0.25) is 0 Å². The van der Waals surface area contributed by atoms with Gasteiger partial charge in [0.15, 0.2) is 0 Å². The molecule has 144 valence electrons. The molecule has 1 aromatic rings. The zero-order chi connectivity index (χ0) is 18.6. The molecule has 1 amide bonds. The van der Waals surface area contributed by atoms with Gasteiger partial charge in [-0.25, -0.2) is 13.1 Å². The third kappa shape index (κ3) is 4.45. The summed E-state index contributed by atoms with van der Waals surface area (Å²) >= 11 is 0. The number of hydrogen-bond donors (Lipinski definition) is 1. The van der Waals surface area contributed by atoms with Crippen LogP contribution in [-0.2, 0) is 26.0 Å². The van der Waals surface area contributed by atoms with Crippen molar-refractivity contribution in [2.75, 3.05) is 24.6 Å². The molecule has 0 unspecified atom stereocenters. The SMILES string of the molecule is CCC(=O)N1CCc2cc(S(=O)(=O)NCCCOC3CCCC3)ccc21. The van der Waals surface area contributed by atoms with Crippen LogP contribution in [0.5, 0.6) is 0 Å². The van der Waals surface area contributed by atoms with Crippen molar-refractivity contribution in [3.05, 3.63) is 23.8 Å². The van der Waals surface area contributed by atoms with E-state index in [0.717, 1.165) is 24.1 Å². The van der Waals surface area contributed by atoms with Crippen molar-refractivity contribution in [2.45, 2.75) is 62.9 Å².